The quantitative estimate of drug-likeness (QED) is 0.471. The number of H-pyrrole nitrogens is 1. The van der Waals surface area contributed by atoms with E-state index in [0.29, 0.717) is 12.3 Å². The molecule has 1 aromatic heterocycles. The van der Waals surface area contributed by atoms with Gasteiger partial charge in [-0.2, -0.15) is 0 Å². The van der Waals surface area contributed by atoms with E-state index in [9.17, 15) is 5.11 Å². The summed E-state index contributed by atoms with van der Waals surface area (Å²) in [5.41, 5.74) is 3.02. The fraction of sp³-hybridized carbons (Fsp3) is 0.273. The lowest BCUT2D eigenvalue weighted by Gasteiger charge is -2.37. The summed E-state index contributed by atoms with van der Waals surface area (Å²) in [4.78, 5) is 16.7. The lowest BCUT2D eigenvalue weighted by atomic mass is 10.2. The molecule has 2 heterocycles. The van der Waals surface area contributed by atoms with Crippen molar-refractivity contribution >= 4 is 11.6 Å². The number of aromatic hydroxyl groups is 1. The highest BCUT2D eigenvalue weighted by atomic mass is 16.3. The molecule has 7 heteroatoms. The first kappa shape index (κ1) is 18.9. The number of rotatable bonds is 4. The topological polar surface area (TPSA) is 79.8 Å². The summed E-state index contributed by atoms with van der Waals surface area (Å²) >= 11 is 0. The molecule has 1 fully saturated rings. The van der Waals surface area contributed by atoms with Gasteiger partial charge in [0, 0.05) is 33.2 Å². The van der Waals surface area contributed by atoms with Crippen molar-refractivity contribution in [3.63, 3.8) is 0 Å². The number of aliphatic imine (C=N–C) groups is 1. The van der Waals surface area contributed by atoms with Crippen molar-refractivity contribution in [2.24, 2.45) is 4.99 Å². The maximum Gasteiger partial charge on any atom is 0.194 e. The van der Waals surface area contributed by atoms with Gasteiger partial charge in [-0.3, -0.25) is 4.99 Å². The van der Waals surface area contributed by atoms with Gasteiger partial charge in [-0.25, -0.2) is 4.98 Å². The molecule has 3 aromatic rings. The SMILES string of the molecule is CN=C(NCc1ncc(-c2ccccc2)[nH]1)N1CCN(c2ccccc2O)CC1. The van der Waals surface area contributed by atoms with Crippen LogP contribution in [0.15, 0.2) is 65.8 Å². The van der Waals surface area contributed by atoms with Crippen molar-refractivity contribution in [1.82, 2.24) is 20.2 Å². The van der Waals surface area contributed by atoms with Crippen molar-refractivity contribution in [1.29, 1.82) is 0 Å². The van der Waals surface area contributed by atoms with Gasteiger partial charge in [0.15, 0.2) is 5.96 Å². The monoisotopic (exact) mass is 390 g/mol. The zero-order valence-corrected chi connectivity index (χ0v) is 16.5. The van der Waals surface area contributed by atoms with E-state index in [1.165, 1.54) is 0 Å². The zero-order valence-electron chi connectivity index (χ0n) is 16.5. The van der Waals surface area contributed by atoms with E-state index < -0.39 is 0 Å². The number of phenolic OH excluding ortho intramolecular Hbond substituents is 1. The molecule has 3 N–H and O–H groups in total. The van der Waals surface area contributed by atoms with Gasteiger partial charge in [-0.15, -0.1) is 0 Å². The number of nitrogens with one attached hydrogen (secondary N) is 2. The van der Waals surface area contributed by atoms with Crippen LogP contribution in [0.3, 0.4) is 0 Å². The summed E-state index contributed by atoms with van der Waals surface area (Å²) in [5.74, 6) is 2.06. The van der Waals surface area contributed by atoms with Gasteiger partial charge in [0.1, 0.15) is 11.6 Å². The van der Waals surface area contributed by atoms with E-state index in [-0.39, 0.29) is 0 Å². The second-order valence-corrected chi connectivity index (χ2v) is 6.97. The summed E-state index contributed by atoms with van der Waals surface area (Å²) in [6.07, 6.45) is 1.86. The van der Waals surface area contributed by atoms with Crippen LogP contribution in [0.1, 0.15) is 5.82 Å². The van der Waals surface area contributed by atoms with Crippen molar-refractivity contribution < 1.29 is 5.11 Å². The minimum Gasteiger partial charge on any atom is -0.506 e. The van der Waals surface area contributed by atoms with Crippen molar-refractivity contribution in [2.45, 2.75) is 6.54 Å². The summed E-state index contributed by atoms with van der Waals surface area (Å²) in [6.45, 7) is 3.91. The Morgan fingerprint density at radius 2 is 1.79 bits per heavy atom. The third-order valence-electron chi connectivity index (χ3n) is 5.14. The Morgan fingerprint density at radius 1 is 1.07 bits per heavy atom. The van der Waals surface area contributed by atoms with E-state index in [0.717, 1.165) is 54.9 Å². The molecule has 0 bridgehead atoms. The van der Waals surface area contributed by atoms with Crippen molar-refractivity contribution in [3.05, 3.63) is 66.6 Å². The first-order valence-electron chi connectivity index (χ1n) is 9.82. The number of hydrogen-bond acceptors (Lipinski definition) is 4. The molecule has 0 unspecified atom stereocenters. The average molecular weight is 390 g/mol. The number of guanidine groups is 1. The Labute approximate surface area is 170 Å². The highest BCUT2D eigenvalue weighted by Crippen LogP contribution is 2.27. The van der Waals surface area contributed by atoms with Gasteiger partial charge >= 0.3 is 0 Å². The molecule has 0 amide bonds. The van der Waals surface area contributed by atoms with Crippen LogP contribution in [0, 0.1) is 0 Å². The number of aromatic nitrogens is 2. The van der Waals surface area contributed by atoms with E-state index in [1.807, 2.05) is 42.6 Å². The second kappa shape index (κ2) is 8.68. The molecule has 0 saturated carbocycles. The average Bonchev–Trinajstić information content (AvgIpc) is 3.25. The van der Waals surface area contributed by atoms with Crippen LogP contribution in [0.4, 0.5) is 5.69 Å². The molecular formula is C22H26N6O. The number of anilines is 1. The Bertz CT molecular complexity index is 960. The third-order valence-corrected chi connectivity index (χ3v) is 5.14. The summed E-state index contributed by atoms with van der Waals surface area (Å²) in [5, 5.41) is 13.5. The minimum absolute atomic E-state index is 0.329. The van der Waals surface area contributed by atoms with Crippen LogP contribution in [-0.2, 0) is 6.54 Å². The molecule has 0 radical (unpaired) electrons. The van der Waals surface area contributed by atoms with Crippen LogP contribution in [0.5, 0.6) is 5.75 Å². The van der Waals surface area contributed by atoms with E-state index >= 15 is 0 Å². The molecule has 7 nitrogen and oxygen atoms in total. The molecule has 4 rings (SSSR count). The predicted octanol–water partition coefficient (Wildman–Crippen LogP) is 2.68. The standard InChI is InChI=1S/C22H26N6O/c1-23-22(25-16-21-24-15-18(26-21)17-7-3-2-4-8-17)28-13-11-27(12-14-28)19-9-5-6-10-20(19)29/h2-10,15,29H,11-14,16H2,1H3,(H,23,25)(H,24,26). The fourth-order valence-corrected chi connectivity index (χ4v) is 3.60. The summed E-state index contributed by atoms with van der Waals surface area (Å²) in [7, 11) is 1.80. The molecule has 1 aliphatic heterocycles. The lowest BCUT2D eigenvalue weighted by Crippen LogP contribution is -2.52. The highest BCUT2D eigenvalue weighted by molar-refractivity contribution is 5.80. The van der Waals surface area contributed by atoms with Crippen LogP contribution < -0.4 is 10.2 Å². The Kier molecular flexibility index (Phi) is 5.65. The van der Waals surface area contributed by atoms with E-state index in [4.69, 9.17) is 0 Å². The lowest BCUT2D eigenvalue weighted by molar-refractivity contribution is 0.369. The van der Waals surface area contributed by atoms with Gasteiger partial charge in [0.05, 0.1) is 24.1 Å². The van der Waals surface area contributed by atoms with Gasteiger partial charge < -0.3 is 25.2 Å². The van der Waals surface area contributed by atoms with Gasteiger partial charge in [0.2, 0.25) is 0 Å². The minimum atomic E-state index is 0.329. The van der Waals surface area contributed by atoms with Crippen LogP contribution in [0.25, 0.3) is 11.3 Å². The Balaban J connectivity index is 1.33. The second-order valence-electron chi connectivity index (χ2n) is 6.97. The van der Waals surface area contributed by atoms with Crippen molar-refractivity contribution in [3.8, 4) is 17.0 Å². The zero-order chi connectivity index (χ0) is 20.1. The number of nitrogens with zero attached hydrogens (tertiary/aromatic N) is 4. The molecule has 0 spiro atoms. The fourth-order valence-electron chi connectivity index (χ4n) is 3.60. The maximum absolute atomic E-state index is 10.1. The number of benzene rings is 2. The number of para-hydroxylation sites is 2. The van der Waals surface area contributed by atoms with Gasteiger partial charge in [-0.1, -0.05) is 42.5 Å². The van der Waals surface area contributed by atoms with Gasteiger partial charge in [0.25, 0.3) is 0 Å². The first-order valence-corrected chi connectivity index (χ1v) is 9.82. The van der Waals surface area contributed by atoms with Crippen molar-refractivity contribution in [2.75, 3.05) is 38.1 Å². The van der Waals surface area contributed by atoms with Crippen LogP contribution in [0.2, 0.25) is 0 Å². The predicted molar refractivity (Wildman–Crippen MR) is 116 cm³/mol. The Morgan fingerprint density at radius 3 is 2.52 bits per heavy atom. The summed E-state index contributed by atoms with van der Waals surface area (Å²) in [6, 6.07) is 17.7. The van der Waals surface area contributed by atoms with Gasteiger partial charge in [-0.05, 0) is 17.7 Å². The number of phenols is 1. The van der Waals surface area contributed by atoms with Crippen LogP contribution in [-0.4, -0.2) is 59.2 Å². The molecule has 2 aromatic carbocycles. The molecular weight excluding hydrogens is 364 g/mol. The number of hydrogen-bond donors (Lipinski definition) is 3. The molecule has 150 valence electrons. The maximum atomic E-state index is 10.1. The first-order chi connectivity index (χ1) is 14.2. The smallest absolute Gasteiger partial charge is 0.194 e. The molecule has 29 heavy (non-hydrogen) atoms. The summed E-state index contributed by atoms with van der Waals surface area (Å²) < 4.78 is 0. The molecule has 0 aliphatic carbocycles. The third kappa shape index (κ3) is 4.34. The molecule has 1 aliphatic rings. The molecule has 1 saturated heterocycles. The largest absolute Gasteiger partial charge is 0.506 e. The van der Waals surface area contributed by atoms with E-state index in [1.54, 1.807) is 13.1 Å². The molecule has 0 atom stereocenters. The number of aromatic amines is 1. The highest BCUT2D eigenvalue weighted by Gasteiger charge is 2.21. The number of imidazole rings is 1. The Hall–Kier alpha value is -3.48. The van der Waals surface area contributed by atoms with E-state index in [2.05, 4.69) is 42.2 Å². The normalized spacial score (nSPS) is 14.9. The number of piperazine rings is 1. The van der Waals surface area contributed by atoms with Crippen LogP contribution >= 0.6 is 0 Å².